The van der Waals surface area contributed by atoms with Crippen molar-refractivity contribution in [3.63, 3.8) is 0 Å². The molecule has 0 aromatic heterocycles. The predicted molar refractivity (Wildman–Crippen MR) is 97.8 cm³/mol. The molecule has 0 spiro atoms. The van der Waals surface area contributed by atoms with Crippen LogP contribution in [0.25, 0.3) is 0 Å². The van der Waals surface area contributed by atoms with Crippen molar-refractivity contribution in [1.29, 1.82) is 0 Å². The standard InChI is InChI=1S/C19H17ClN2O3/c1-10-4-6-14(12(3)8-10)22-18(24)16(20)17(19(22)25)21-13-9-11(2)5-7-15(13)23/h4-9,21,23H,1-3H3. The molecule has 0 saturated carbocycles. The number of benzene rings is 2. The third-order valence-corrected chi connectivity index (χ3v) is 4.38. The van der Waals surface area contributed by atoms with Gasteiger partial charge in [-0.25, -0.2) is 4.90 Å². The lowest BCUT2D eigenvalue weighted by Crippen LogP contribution is -2.32. The smallest absolute Gasteiger partial charge is 0.283 e. The summed E-state index contributed by atoms with van der Waals surface area (Å²) in [5.41, 5.74) is 3.47. The molecule has 0 radical (unpaired) electrons. The van der Waals surface area contributed by atoms with Gasteiger partial charge in [-0.3, -0.25) is 9.59 Å². The van der Waals surface area contributed by atoms with Gasteiger partial charge < -0.3 is 10.4 Å². The molecule has 0 aliphatic carbocycles. The Hall–Kier alpha value is -2.79. The summed E-state index contributed by atoms with van der Waals surface area (Å²) in [5.74, 6) is -1.18. The number of imide groups is 1. The highest BCUT2D eigenvalue weighted by Gasteiger charge is 2.39. The van der Waals surface area contributed by atoms with Crippen LogP contribution in [0.1, 0.15) is 16.7 Å². The summed E-state index contributed by atoms with van der Waals surface area (Å²) in [6.07, 6.45) is 0. The molecule has 1 aliphatic rings. The number of nitrogens with zero attached hydrogens (tertiary/aromatic N) is 1. The Bertz CT molecular complexity index is 934. The Labute approximate surface area is 150 Å². The highest BCUT2D eigenvalue weighted by molar-refractivity contribution is 6.53. The van der Waals surface area contributed by atoms with Gasteiger partial charge in [-0.05, 0) is 50.1 Å². The van der Waals surface area contributed by atoms with E-state index in [-0.39, 0.29) is 16.5 Å². The fourth-order valence-corrected chi connectivity index (χ4v) is 2.98. The van der Waals surface area contributed by atoms with Crippen LogP contribution in [0.3, 0.4) is 0 Å². The number of amides is 2. The van der Waals surface area contributed by atoms with Gasteiger partial charge in [-0.1, -0.05) is 35.4 Å². The van der Waals surface area contributed by atoms with Crippen LogP contribution in [0.5, 0.6) is 5.75 Å². The van der Waals surface area contributed by atoms with Gasteiger partial charge in [0, 0.05) is 0 Å². The highest BCUT2D eigenvalue weighted by atomic mass is 35.5. The summed E-state index contributed by atoms with van der Waals surface area (Å²) >= 11 is 6.12. The first-order valence-corrected chi connectivity index (χ1v) is 8.10. The van der Waals surface area contributed by atoms with E-state index in [1.165, 1.54) is 6.07 Å². The largest absolute Gasteiger partial charge is 0.506 e. The number of rotatable bonds is 3. The summed E-state index contributed by atoms with van der Waals surface area (Å²) in [6.45, 7) is 5.61. The zero-order chi connectivity index (χ0) is 18.3. The minimum Gasteiger partial charge on any atom is -0.506 e. The molecule has 0 saturated heterocycles. The van der Waals surface area contributed by atoms with Crippen molar-refractivity contribution in [3.8, 4) is 5.75 Å². The number of hydrogen-bond donors (Lipinski definition) is 2. The minimum atomic E-state index is -0.590. The van der Waals surface area contributed by atoms with E-state index >= 15 is 0 Å². The van der Waals surface area contributed by atoms with Gasteiger partial charge in [0.1, 0.15) is 16.5 Å². The molecule has 3 rings (SSSR count). The van der Waals surface area contributed by atoms with Crippen LogP contribution in [0, 0.1) is 20.8 Å². The van der Waals surface area contributed by atoms with Gasteiger partial charge in [0.05, 0.1) is 11.4 Å². The van der Waals surface area contributed by atoms with Crippen LogP contribution in [0.2, 0.25) is 0 Å². The van der Waals surface area contributed by atoms with Crippen LogP contribution in [0.4, 0.5) is 11.4 Å². The Kier molecular flexibility index (Phi) is 4.27. The van der Waals surface area contributed by atoms with E-state index in [1.54, 1.807) is 18.2 Å². The van der Waals surface area contributed by atoms with Gasteiger partial charge in [-0.15, -0.1) is 0 Å². The molecule has 1 heterocycles. The molecule has 5 nitrogen and oxygen atoms in total. The topological polar surface area (TPSA) is 69.6 Å². The monoisotopic (exact) mass is 356 g/mol. The van der Waals surface area contributed by atoms with Crippen molar-refractivity contribution < 1.29 is 14.7 Å². The Morgan fingerprint density at radius 1 is 0.960 bits per heavy atom. The molecular formula is C19H17ClN2O3. The van der Waals surface area contributed by atoms with Crippen LogP contribution in [0.15, 0.2) is 47.1 Å². The third-order valence-electron chi connectivity index (χ3n) is 4.03. The van der Waals surface area contributed by atoms with E-state index in [2.05, 4.69) is 5.32 Å². The maximum absolute atomic E-state index is 12.8. The average Bonchev–Trinajstić information content (AvgIpc) is 2.75. The highest BCUT2D eigenvalue weighted by Crippen LogP contribution is 2.34. The van der Waals surface area contributed by atoms with E-state index in [0.29, 0.717) is 11.4 Å². The van der Waals surface area contributed by atoms with Crippen LogP contribution in [-0.4, -0.2) is 16.9 Å². The number of halogens is 1. The first-order chi connectivity index (χ1) is 11.8. The summed E-state index contributed by atoms with van der Waals surface area (Å²) < 4.78 is 0. The van der Waals surface area contributed by atoms with Gasteiger partial charge in [-0.2, -0.15) is 0 Å². The quantitative estimate of drug-likeness (QED) is 0.649. The van der Waals surface area contributed by atoms with Crippen LogP contribution >= 0.6 is 11.6 Å². The first kappa shape index (κ1) is 17.0. The van der Waals surface area contributed by atoms with Gasteiger partial charge in [0.15, 0.2) is 0 Å². The Morgan fingerprint density at radius 2 is 1.60 bits per heavy atom. The van der Waals surface area contributed by atoms with E-state index in [4.69, 9.17) is 11.6 Å². The molecule has 2 aromatic rings. The fourth-order valence-electron chi connectivity index (χ4n) is 2.77. The molecule has 0 fully saturated rings. The van der Waals surface area contributed by atoms with Gasteiger partial charge in [0.2, 0.25) is 0 Å². The first-order valence-electron chi connectivity index (χ1n) is 7.72. The maximum Gasteiger partial charge on any atom is 0.283 e. The van der Waals surface area contributed by atoms with E-state index in [9.17, 15) is 14.7 Å². The molecule has 1 aliphatic heterocycles. The lowest BCUT2D eigenvalue weighted by Gasteiger charge is -2.18. The number of aromatic hydroxyl groups is 1. The number of phenols is 1. The lowest BCUT2D eigenvalue weighted by atomic mass is 10.1. The summed E-state index contributed by atoms with van der Waals surface area (Å²) in [7, 11) is 0. The fraction of sp³-hybridized carbons (Fsp3) is 0.158. The Morgan fingerprint density at radius 3 is 2.28 bits per heavy atom. The number of aryl methyl sites for hydroxylation is 3. The molecule has 0 atom stereocenters. The van der Waals surface area contributed by atoms with Gasteiger partial charge >= 0.3 is 0 Å². The normalized spacial score (nSPS) is 14.5. The van der Waals surface area contributed by atoms with E-state index in [0.717, 1.165) is 21.6 Å². The van der Waals surface area contributed by atoms with Crippen LogP contribution < -0.4 is 10.2 Å². The number of hydrogen-bond acceptors (Lipinski definition) is 4. The van der Waals surface area contributed by atoms with Crippen molar-refractivity contribution in [2.45, 2.75) is 20.8 Å². The minimum absolute atomic E-state index is 0.0345. The molecule has 2 aromatic carbocycles. The van der Waals surface area contributed by atoms with Crippen molar-refractivity contribution in [3.05, 3.63) is 63.8 Å². The zero-order valence-electron chi connectivity index (χ0n) is 14.1. The molecule has 0 unspecified atom stereocenters. The Balaban J connectivity index is 1.98. The molecule has 6 heteroatoms. The summed E-state index contributed by atoms with van der Waals surface area (Å²) in [4.78, 5) is 26.3. The molecule has 2 amide bonds. The summed E-state index contributed by atoms with van der Waals surface area (Å²) in [6, 6.07) is 10.4. The predicted octanol–water partition coefficient (Wildman–Crippen LogP) is 3.75. The average molecular weight is 357 g/mol. The number of carbonyl (C=O) groups excluding carboxylic acids is 2. The molecule has 2 N–H and O–H groups in total. The SMILES string of the molecule is Cc1ccc(N2C(=O)C(Cl)=C(Nc3cc(C)ccc3O)C2=O)c(C)c1. The summed E-state index contributed by atoms with van der Waals surface area (Å²) in [5, 5.41) is 12.5. The zero-order valence-corrected chi connectivity index (χ0v) is 14.8. The number of nitrogens with one attached hydrogen (secondary N) is 1. The van der Waals surface area contributed by atoms with E-state index < -0.39 is 11.8 Å². The number of carbonyl (C=O) groups is 2. The second-order valence-corrected chi connectivity index (χ2v) is 6.45. The second-order valence-electron chi connectivity index (χ2n) is 6.07. The maximum atomic E-state index is 12.8. The lowest BCUT2D eigenvalue weighted by molar-refractivity contribution is -0.120. The molecule has 0 bridgehead atoms. The van der Waals surface area contributed by atoms with Crippen molar-refractivity contribution in [2.75, 3.05) is 10.2 Å². The molecule has 128 valence electrons. The van der Waals surface area contributed by atoms with E-state index in [1.807, 2.05) is 32.9 Å². The third kappa shape index (κ3) is 2.98. The van der Waals surface area contributed by atoms with Crippen molar-refractivity contribution in [1.82, 2.24) is 0 Å². The van der Waals surface area contributed by atoms with Crippen molar-refractivity contribution in [2.24, 2.45) is 0 Å². The van der Waals surface area contributed by atoms with Gasteiger partial charge in [0.25, 0.3) is 11.8 Å². The molecule has 25 heavy (non-hydrogen) atoms. The number of anilines is 2. The number of phenolic OH excluding ortho intramolecular Hbond substituents is 1. The van der Waals surface area contributed by atoms with Crippen LogP contribution in [-0.2, 0) is 9.59 Å². The molecular weight excluding hydrogens is 340 g/mol. The van der Waals surface area contributed by atoms with Crippen molar-refractivity contribution >= 4 is 34.8 Å². The second kappa shape index (κ2) is 6.26.